The first kappa shape index (κ1) is 9.48. The molecular formula is C8H14NO3. The second kappa shape index (κ2) is 4.42. The van der Waals surface area contributed by atoms with Crippen LogP contribution in [0.25, 0.3) is 0 Å². The number of amides is 1. The van der Waals surface area contributed by atoms with Gasteiger partial charge in [0.1, 0.15) is 6.10 Å². The Morgan fingerprint density at radius 3 is 3.08 bits per heavy atom. The molecule has 0 aromatic rings. The zero-order valence-electron chi connectivity index (χ0n) is 7.16. The Balaban J connectivity index is 2.39. The Bertz CT molecular complexity index is 160. The molecule has 0 bridgehead atoms. The molecule has 0 aromatic carbocycles. The summed E-state index contributed by atoms with van der Waals surface area (Å²) < 4.78 is 10.3. The molecule has 1 amide bonds. The number of nitrogens with two attached hydrogens (primary N) is 1. The molecular weight excluding hydrogens is 158 g/mol. The van der Waals surface area contributed by atoms with Gasteiger partial charge >= 0.3 is 0 Å². The quantitative estimate of drug-likeness (QED) is 0.631. The van der Waals surface area contributed by atoms with Gasteiger partial charge in [0.05, 0.1) is 12.7 Å². The zero-order valence-corrected chi connectivity index (χ0v) is 7.16. The van der Waals surface area contributed by atoms with Gasteiger partial charge in [0.2, 0.25) is 5.91 Å². The van der Waals surface area contributed by atoms with Gasteiger partial charge < -0.3 is 15.2 Å². The van der Waals surface area contributed by atoms with Crippen LogP contribution in [0.4, 0.5) is 0 Å². The fraction of sp³-hybridized carbons (Fsp3) is 0.750. The lowest BCUT2D eigenvalue weighted by atomic mass is 10.1. The Kier molecular flexibility index (Phi) is 3.49. The molecule has 69 valence electrons. The number of carbonyl (C=O) groups is 1. The van der Waals surface area contributed by atoms with Gasteiger partial charge in [0.15, 0.2) is 0 Å². The van der Waals surface area contributed by atoms with E-state index in [-0.39, 0.29) is 6.10 Å². The maximum Gasteiger partial charge on any atom is 0.246 e. The Morgan fingerprint density at radius 1 is 1.75 bits per heavy atom. The van der Waals surface area contributed by atoms with E-state index in [2.05, 4.69) is 0 Å². The van der Waals surface area contributed by atoms with E-state index in [0.29, 0.717) is 6.61 Å². The van der Waals surface area contributed by atoms with E-state index in [4.69, 9.17) is 15.2 Å². The lowest BCUT2D eigenvalue weighted by Crippen LogP contribution is -2.31. The topological polar surface area (TPSA) is 61.5 Å². The van der Waals surface area contributed by atoms with Gasteiger partial charge in [0, 0.05) is 13.5 Å². The van der Waals surface area contributed by atoms with Crippen molar-refractivity contribution in [2.75, 3.05) is 13.7 Å². The van der Waals surface area contributed by atoms with Crippen LogP contribution in [0.15, 0.2) is 0 Å². The van der Waals surface area contributed by atoms with Crippen LogP contribution in [0.3, 0.4) is 0 Å². The van der Waals surface area contributed by atoms with Crippen molar-refractivity contribution in [3.63, 3.8) is 0 Å². The molecule has 1 rings (SSSR count). The summed E-state index contributed by atoms with van der Waals surface area (Å²) in [6, 6.07) is 0. The molecule has 1 aliphatic heterocycles. The van der Waals surface area contributed by atoms with Crippen molar-refractivity contribution in [1.82, 2.24) is 0 Å². The molecule has 1 aliphatic rings. The molecule has 1 radical (unpaired) electrons. The average Bonchev–Trinajstić information content (AvgIpc) is 2.28. The molecule has 12 heavy (non-hydrogen) atoms. The standard InChI is InChI=1S/C8H14NO3/c1-11-6-2-3-7(8(9)10)12-5-4-6/h3,6-7H,2,4-5H2,1H3,(H2,9,10)/t6-,7-/m0/s1. The highest BCUT2D eigenvalue weighted by molar-refractivity contribution is 5.80. The summed E-state index contributed by atoms with van der Waals surface area (Å²) in [7, 11) is 1.66. The number of hydrogen-bond donors (Lipinski definition) is 1. The molecule has 0 unspecified atom stereocenters. The molecule has 2 atom stereocenters. The summed E-state index contributed by atoms with van der Waals surface area (Å²) >= 11 is 0. The molecule has 4 nitrogen and oxygen atoms in total. The Morgan fingerprint density at radius 2 is 2.50 bits per heavy atom. The number of hydrogen-bond acceptors (Lipinski definition) is 3. The number of methoxy groups -OCH3 is 1. The maximum atomic E-state index is 10.7. The van der Waals surface area contributed by atoms with E-state index in [1.54, 1.807) is 13.5 Å². The maximum absolute atomic E-state index is 10.7. The highest BCUT2D eigenvalue weighted by atomic mass is 16.5. The molecule has 4 heteroatoms. The fourth-order valence-corrected chi connectivity index (χ4v) is 1.20. The van der Waals surface area contributed by atoms with Crippen LogP contribution in [-0.4, -0.2) is 31.8 Å². The smallest absolute Gasteiger partial charge is 0.246 e. The summed E-state index contributed by atoms with van der Waals surface area (Å²) in [4.78, 5) is 10.7. The van der Waals surface area contributed by atoms with Crippen molar-refractivity contribution in [3.05, 3.63) is 6.42 Å². The van der Waals surface area contributed by atoms with Gasteiger partial charge in [-0.3, -0.25) is 4.79 Å². The number of carbonyl (C=O) groups excluding carboxylic acids is 1. The lowest BCUT2D eigenvalue weighted by molar-refractivity contribution is -0.127. The third-order valence-corrected chi connectivity index (χ3v) is 1.96. The van der Waals surface area contributed by atoms with Crippen LogP contribution < -0.4 is 5.73 Å². The molecule has 1 heterocycles. The fourth-order valence-electron chi connectivity index (χ4n) is 1.20. The minimum Gasteiger partial charge on any atom is -0.381 e. The molecule has 0 aromatic heterocycles. The van der Waals surface area contributed by atoms with Crippen molar-refractivity contribution in [2.24, 2.45) is 5.73 Å². The van der Waals surface area contributed by atoms with E-state index in [1.807, 2.05) is 0 Å². The summed E-state index contributed by atoms with van der Waals surface area (Å²) in [5.74, 6) is -0.424. The average molecular weight is 172 g/mol. The van der Waals surface area contributed by atoms with Crippen molar-refractivity contribution >= 4 is 5.91 Å². The summed E-state index contributed by atoms with van der Waals surface area (Å²) in [5, 5.41) is 0. The highest BCUT2D eigenvalue weighted by Crippen LogP contribution is 2.14. The first-order valence-electron chi connectivity index (χ1n) is 4.01. The Labute approximate surface area is 72.0 Å². The van der Waals surface area contributed by atoms with Crippen molar-refractivity contribution in [1.29, 1.82) is 0 Å². The first-order valence-corrected chi connectivity index (χ1v) is 4.01. The van der Waals surface area contributed by atoms with Gasteiger partial charge in [-0.05, 0) is 12.8 Å². The summed E-state index contributed by atoms with van der Waals surface area (Å²) in [6.45, 7) is 0.530. The molecule has 0 spiro atoms. The van der Waals surface area contributed by atoms with Gasteiger partial charge in [-0.2, -0.15) is 0 Å². The van der Waals surface area contributed by atoms with Crippen molar-refractivity contribution < 1.29 is 14.3 Å². The minimum absolute atomic E-state index is 0.161. The van der Waals surface area contributed by atoms with Crippen molar-refractivity contribution in [2.45, 2.75) is 25.0 Å². The van der Waals surface area contributed by atoms with Crippen molar-refractivity contribution in [3.8, 4) is 0 Å². The lowest BCUT2D eigenvalue weighted by Gasteiger charge is -2.09. The van der Waals surface area contributed by atoms with E-state index >= 15 is 0 Å². The number of rotatable bonds is 2. The third-order valence-electron chi connectivity index (χ3n) is 1.96. The molecule has 0 aliphatic carbocycles. The van der Waals surface area contributed by atoms with Crippen LogP contribution in [0.2, 0.25) is 0 Å². The third kappa shape index (κ3) is 2.46. The number of primary amides is 1. The predicted octanol–water partition coefficient (Wildman–Crippen LogP) is -0.130. The molecule has 1 saturated heterocycles. The summed E-state index contributed by atoms with van der Waals surface area (Å²) in [6.07, 6.45) is 2.93. The van der Waals surface area contributed by atoms with Gasteiger partial charge in [-0.15, -0.1) is 0 Å². The summed E-state index contributed by atoms with van der Waals surface area (Å²) in [5.41, 5.74) is 5.09. The second-order valence-corrected chi connectivity index (χ2v) is 2.81. The minimum atomic E-state index is -0.537. The second-order valence-electron chi connectivity index (χ2n) is 2.81. The number of ether oxygens (including phenoxy) is 2. The SMILES string of the molecule is CO[C@H]1C[CH][C@@H](C(N)=O)OCC1. The monoisotopic (exact) mass is 172 g/mol. The van der Waals surface area contributed by atoms with Crippen LogP contribution in [0.1, 0.15) is 12.8 Å². The van der Waals surface area contributed by atoms with E-state index in [0.717, 1.165) is 12.8 Å². The van der Waals surface area contributed by atoms with E-state index < -0.39 is 12.0 Å². The van der Waals surface area contributed by atoms with Crippen LogP contribution in [0, 0.1) is 6.42 Å². The van der Waals surface area contributed by atoms with Crippen LogP contribution in [0.5, 0.6) is 0 Å². The normalized spacial score (nSPS) is 31.1. The first-order chi connectivity index (χ1) is 5.74. The zero-order chi connectivity index (χ0) is 8.97. The molecule has 0 saturated carbocycles. The van der Waals surface area contributed by atoms with E-state index in [1.165, 1.54) is 0 Å². The molecule has 1 fully saturated rings. The predicted molar refractivity (Wildman–Crippen MR) is 43.3 cm³/mol. The van der Waals surface area contributed by atoms with Crippen LogP contribution in [-0.2, 0) is 14.3 Å². The van der Waals surface area contributed by atoms with Gasteiger partial charge in [0.25, 0.3) is 0 Å². The van der Waals surface area contributed by atoms with Crippen LogP contribution >= 0.6 is 0 Å². The van der Waals surface area contributed by atoms with E-state index in [9.17, 15) is 4.79 Å². The Hall–Kier alpha value is -0.610. The largest absolute Gasteiger partial charge is 0.381 e. The van der Waals surface area contributed by atoms with Gasteiger partial charge in [-0.25, -0.2) is 0 Å². The highest BCUT2D eigenvalue weighted by Gasteiger charge is 2.22. The molecule has 2 N–H and O–H groups in total. The van der Waals surface area contributed by atoms with Gasteiger partial charge in [-0.1, -0.05) is 0 Å².